The van der Waals surface area contributed by atoms with E-state index in [2.05, 4.69) is 5.32 Å². The number of nitro benzene ring substituents is 1. The topological polar surface area (TPSA) is 92.5 Å². The van der Waals surface area contributed by atoms with Crippen LogP contribution in [0.2, 0.25) is 0 Å². The molecule has 0 aliphatic heterocycles. The van der Waals surface area contributed by atoms with E-state index in [1.165, 1.54) is 24.3 Å². The van der Waals surface area contributed by atoms with Gasteiger partial charge in [-0.05, 0) is 17.6 Å². The van der Waals surface area contributed by atoms with Crippen LogP contribution < -0.4 is 5.32 Å². The number of carbonyl (C=O) groups excluding carboxylic acids is 1. The number of non-ortho nitro benzene ring substituents is 1. The molecule has 0 saturated heterocycles. The molecule has 0 aliphatic rings. The zero-order valence-corrected chi connectivity index (χ0v) is 11.4. The van der Waals surface area contributed by atoms with Gasteiger partial charge in [0, 0.05) is 24.8 Å². The van der Waals surface area contributed by atoms with Gasteiger partial charge < -0.3 is 10.4 Å². The zero-order chi connectivity index (χ0) is 15.1. The maximum absolute atomic E-state index is 11.5. The van der Waals surface area contributed by atoms with Crippen LogP contribution in [0, 0.1) is 16.0 Å². The predicted molar refractivity (Wildman–Crippen MR) is 76.0 cm³/mol. The summed E-state index contributed by atoms with van der Waals surface area (Å²) in [5.41, 5.74) is 0.543. The van der Waals surface area contributed by atoms with E-state index in [4.69, 9.17) is 0 Å². The van der Waals surface area contributed by atoms with Crippen LogP contribution >= 0.6 is 0 Å². The minimum absolute atomic E-state index is 0.0252. The Morgan fingerprint density at radius 3 is 2.80 bits per heavy atom. The van der Waals surface area contributed by atoms with E-state index in [1.54, 1.807) is 12.1 Å². The highest BCUT2D eigenvalue weighted by Crippen LogP contribution is 2.13. The number of benzene rings is 1. The van der Waals surface area contributed by atoms with Crippen molar-refractivity contribution in [2.24, 2.45) is 5.92 Å². The summed E-state index contributed by atoms with van der Waals surface area (Å²) in [6.45, 7) is 3.89. The van der Waals surface area contributed by atoms with E-state index in [1.807, 2.05) is 13.8 Å². The number of aliphatic hydroxyl groups is 1. The normalized spacial score (nSPS) is 12.6. The molecule has 20 heavy (non-hydrogen) atoms. The lowest BCUT2D eigenvalue weighted by molar-refractivity contribution is -0.384. The molecule has 2 N–H and O–H groups in total. The third kappa shape index (κ3) is 5.19. The Bertz CT molecular complexity index is 512. The number of aliphatic hydroxyl groups excluding tert-OH is 1. The summed E-state index contributed by atoms with van der Waals surface area (Å²) >= 11 is 0. The predicted octanol–water partition coefficient (Wildman–Crippen LogP) is 1.74. The standard InChI is InChI=1S/C14H18N2O4/c1-10(2)13(17)9-15-14(18)7-6-11-4-3-5-12(8-11)16(19)20/h3-8,10,13,17H,9H2,1-2H3,(H,15,18)/b7-6+. The van der Waals surface area contributed by atoms with Crippen LogP contribution in [-0.2, 0) is 4.79 Å². The number of nitrogens with one attached hydrogen (secondary N) is 1. The van der Waals surface area contributed by atoms with Gasteiger partial charge in [0.25, 0.3) is 5.69 Å². The van der Waals surface area contributed by atoms with Crippen LogP contribution in [0.15, 0.2) is 30.3 Å². The molecular formula is C14H18N2O4. The van der Waals surface area contributed by atoms with E-state index in [0.717, 1.165) is 0 Å². The number of nitrogens with zero attached hydrogens (tertiary/aromatic N) is 1. The molecule has 0 heterocycles. The van der Waals surface area contributed by atoms with Crippen LogP contribution in [0.3, 0.4) is 0 Å². The van der Waals surface area contributed by atoms with Crippen molar-refractivity contribution in [3.05, 3.63) is 46.0 Å². The van der Waals surface area contributed by atoms with Crippen LogP contribution in [0.4, 0.5) is 5.69 Å². The first-order valence-electron chi connectivity index (χ1n) is 6.28. The number of hydrogen-bond acceptors (Lipinski definition) is 4. The molecule has 1 rings (SSSR count). The van der Waals surface area contributed by atoms with Crippen molar-refractivity contribution in [3.63, 3.8) is 0 Å². The van der Waals surface area contributed by atoms with Crippen molar-refractivity contribution in [2.75, 3.05) is 6.54 Å². The summed E-state index contributed by atoms with van der Waals surface area (Å²) in [7, 11) is 0. The molecule has 6 nitrogen and oxygen atoms in total. The first-order chi connectivity index (χ1) is 9.40. The third-order valence-electron chi connectivity index (χ3n) is 2.76. The molecule has 1 aromatic carbocycles. The molecule has 0 bridgehead atoms. The molecular weight excluding hydrogens is 260 g/mol. The molecule has 6 heteroatoms. The van der Waals surface area contributed by atoms with Crippen LogP contribution in [0.25, 0.3) is 6.08 Å². The molecule has 1 aromatic rings. The van der Waals surface area contributed by atoms with Crippen molar-refractivity contribution >= 4 is 17.7 Å². The molecule has 0 aliphatic carbocycles. The van der Waals surface area contributed by atoms with Crippen LogP contribution in [-0.4, -0.2) is 28.6 Å². The van der Waals surface area contributed by atoms with Gasteiger partial charge in [-0.1, -0.05) is 26.0 Å². The Morgan fingerprint density at radius 1 is 1.50 bits per heavy atom. The van der Waals surface area contributed by atoms with Crippen molar-refractivity contribution in [1.29, 1.82) is 0 Å². The Labute approximate surface area is 117 Å². The lowest BCUT2D eigenvalue weighted by atomic mass is 10.1. The van der Waals surface area contributed by atoms with Crippen molar-refractivity contribution in [3.8, 4) is 0 Å². The molecule has 0 aromatic heterocycles. The quantitative estimate of drug-likeness (QED) is 0.471. The monoisotopic (exact) mass is 278 g/mol. The van der Waals surface area contributed by atoms with E-state index in [0.29, 0.717) is 5.56 Å². The highest BCUT2D eigenvalue weighted by atomic mass is 16.6. The summed E-state index contributed by atoms with van der Waals surface area (Å²) in [6, 6.07) is 5.99. The van der Waals surface area contributed by atoms with Gasteiger partial charge in [-0.25, -0.2) is 0 Å². The van der Waals surface area contributed by atoms with Gasteiger partial charge >= 0.3 is 0 Å². The van der Waals surface area contributed by atoms with Gasteiger partial charge in [0.15, 0.2) is 0 Å². The first-order valence-corrected chi connectivity index (χ1v) is 6.28. The van der Waals surface area contributed by atoms with E-state index < -0.39 is 11.0 Å². The highest BCUT2D eigenvalue weighted by molar-refractivity contribution is 5.91. The number of rotatable bonds is 6. The van der Waals surface area contributed by atoms with Gasteiger partial charge in [0.2, 0.25) is 5.91 Å². The molecule has 1 atom stereocenters. The average molecular weight is 278 g/mol. The minimum Gasteiger partial charge on any atom is -0.391 e. The fourth-order valence-corrected chi connectivity index (χ4v) is 1.41. The van der Waals surface area contributed by atoms with Crippen molar-refractivity contribution in [2.45, 2.75) is 20.0 Å². The number of hydrogen-bond donors (Lipinski definition) is 2. The number of nitro groups is 1. The summed E-state index contributed by atoms with van der Waals surface area (Å²) in [4.78, 5) is 21.6. The van der Waals surface area contributed by atoms with Gasteiger partial charge in [0.05, 0.1) is 11.0 Å². The Morgan fingerprint density at radius 2 is 2.20 bits per heavy atom. The molecule has 0 spiro atoms. The maximum atomic E-state index is 11.5. The van der Waals surface area contributed by atoms with Crippen molar-refractivity contribution < 1.29 is 14.8 Å². The van der Waals surface area contributed by atoms with Crippen LogP contribution in [0.1, 0.15) is 19.4 Å². The van der Waals surface area contributed by atoms with Crippen LogP contribution in [0.5, 0.6) is 0 Å². The Hall–Kier alpha value is -2.21. The molecule has 108 valence electrons. The average Bonchev–Trinajstić information content (AvgIpc) is 2.42. The molecule has 1 unspecified atom stereocenters. The smallest absolute Gasteiger partial charge is 0.270 e. The Kier molecular flexibility index (Phi) is 5.86. The SMILES string of the molecule is CC(C)C(O)CNC(=O)/C=C/c1cccc([N+](=O)[O-])c1. The largest absolute Gasteiger partial charge is 0.391 e. The second-order valence-electron chi connectivity index (χ2n) is 4.74. The first kappa shape index (κ1) is 15.8. The lowest BCUT2D eigenvalue weighted by Gasteiger charge is -2.13. The second-order valence-corrected chi connectivity index (χ2v) is 4.74. The minimum atomic E-state index is -0.592. The number of carbonyl (C=O) groups is 1. The number of amides is 1. The highest BCUT2D eigenvalue weighted by Gasteiger charge is 2.09. The summed E-state index contributed by atoms with van der Waals surface area (Å²) in [5, 5.41) is 22.7. The Balaban J connectivity index is 2.57. The van der Waals surface area contributed by atoms with Gasteiger partial charge in [-0.15, -0.1) is 0 Å². The van der Waals surface area contributed by atoms with Gasteiger partial charge in [-0.2, -0.15) is 0 Å². The lowest BCUT2D eigenvalue weighted by Crippen LogP contribution is -2.33. The van der Waals surface area contributed by atoms with Crippen molar-refractivity contribution in [1.82, 2.24) is 5.32 Å². The third-order valence-corrected chi connectivity index (χ3v) is 2.76. The molecule has 0 radical (unpaired) electrons. The molecule has 0 fully saturated rings. The zero-order valence-electron chi connectivity index (χ0n) is 11.4. The van der Waals surface area contributed by atoms with E-state index in [9.17, 15) is 20.0 Å². The van der Waals surface area contributed by atoms with Gasteiger partial charge in [-0.3, -0.25) is 14.9 Å². The summed E-state index contributed by atoms with van der Waals surface area (Å²) in [5.74, 6) is -0.285. The van der Waals surface area contributed by atoms with Gasteiger partial charge in [0.1, 0.15) is 0 Å². The molecule has 0 saturated carbocycles. The van der Waals surface area contributed by atoms with E-state index in [-0.39, 0.29) is 24.1 Å². The van der Waals surface area contributed by atoms with E-state index >= 15 is 0 Å². The molecule has 1 amide bonds. The summed E-state index contributed by atoms with van der Waals surface area (Å²) in [6.07, 6.45) is 2.18. The maximum Gasteiger partial charge on any atom is 0.270 e. The fourth-order valence-electron chi connectivity index (χ4n) is 1.41. The fraction of sp³-hybridized carbons (Fsp3) is 0.357. The summed E-state index contributed by atoms with van der Waals surface area (Å²) < 4.78 is 0. The second kappa shape index (κ2) is 7.40.